The minimum atomic E-state index is -0.902. The van der Waals surface area contributed by atoms with Crippen LogP contribution in [0.2, 0.25) is 0 Å². The van der Waals surface area contributed by atoms with E-state index in [-0.39, 0.29) is 0 Å². The monoisotopic (exact) mass is 234 g/mol. The molecule has 0 fully saturated rings. The highest BCUT2D eigenvalue weighted by Crippen LogP contribution is 2.21. The summed E-state index contributed by atoms with van der Waals surface area (Å²) in [5.74, 6) is -1.26. The molecule has 86 valence electrons. The van der Waals surface area contributed by atoms with E-state index in [9.17, 15) is 8.78 Å². The first-order valence-corrected chi connectivity index (χ1v) is 4.96. The van der Waals surface area contributed by atoms with Crippen molar-refractivity contribution in [2.24, 2.45) is 7.05 Å². The van der Waals surface area contributed by atoms with Crippen LogP contribution in [0.1, 0.15) is 0 Å². The summed E-state index contributed by atoms with van der Waals surface area (Å²) in [5.41, 5.74) is 1.60. The predicted octanol–water partition coefficient (Wildman–Crippen LogP) is 2.24. The number of hydrogen-bond donors (Lipinski definition) is 1. The maximum atomic E-state index is 13.0. The van der Waals surface area contributed by atoms with Crippen molar-refractivity contribution in [3.05, 3.63) is 36.3 Å². The molecule has 2 heterocycles. The Morgan fingerprint density at radius 1 is 1.24 bits per heavy atom. The molecule has 6 heteroatoms. The lowest BCUT2D eigenvalue weighted by atomic mass is 10.3. The summed E-state index contributed by atoms with van der Waals surface area (Å²) in [7, 11) is 1.82. The molecule has 1 N–H and O–H groups in total. The Morgan fingerprint density at radius 3 is 2.71 bits per heavy atom. The van der Waals surface area contributed by atoms with Crippen molar-refractivity contribution < 1.29 is 8.78 Å². The van der Waals surface area contributed by atoms with Gasteiger partial charge in [0.2, 0.25) is 0 Å². The molecule has 0 aliphatic rings. The summed E-state index contributed by atoms with van der Waals surface area (Å²) < 4.78 is 27.8. The lowest BCUT2D eigenvalue weighted by Gasteiger charge is -1.95. The van der Waals surface area contributed by atoms with E-state index in [2.05, 4.69) is 15.0 Å². The maximum absolute atomic E-state index is 13.0. The van der Waals surface area contributed by atoms with Crippen LogP contribution in [0.15, 0.2) is 24.7 Å². The van der Waals surface area contributed by atoms with E-state index in [4.69, 9.17) is 0 Å². The van der Waals surface area contributed by atoms with Crippen molar-refractivity contribution in [3.63, 3.8) is 0 Å². The molecular formula is C11H8F2N4. The molecule has 0 amide bonds. The molecule has 17 heavy (non-hydrogen) atoms. The fourth-order valence-corrected chi connectivity index (χ4v) is 1.71. The van der Waals surface area contributed by atoms with Crippen LogP contribution in [-0.4, -0.2) is 19.5 Å². The molecule has 3 aromatic rings. The molecule has 0 radical (unpaired) electrons. The second-order valence-electron chi connectivity index (χ2n) is 3.76. The van der Waals surface area contributed by atoms with Crippen LogP contribution in [0.3, 0.4) is 0 Å². The van der Waals surface area contributed by atoms with Crippen LogP contribution in [0, 0.1) is 11.6 Å². The van der Waals surface area contributed by atoms with E-state index in [1.165, 1.54) is 0 Å². The molecule has 0 bridgehead atoms. The average Bonchev–Trinajstić information content (AvgIpc) is 2.85. The molecule has 0 saturated carbocycles. The third-order valence-corrected chi connectivity index (χ3v) is 2.58. The Bertz CT molecular complexity index is 660. The van der Waals surface area contributed by atoms with Gasteiger partial charge in [0.15, 0.2) is 17.5 Å². The average molecular weight is 234 g/mol. The van der Waals surface area contributed by atoms with Crippen molar-refractivity contribution in [1.29, 1.82) is 0 Å². The Hall–Kier alpha value is -2.24. The number of aryl methyl sites for hydroxylation is 1. The number of fused-ring (bicyclic) bond motifs is 1. The van der Waals surface area contributed by atoms with Crippen LogP contribution in [0.4, 0.5) is 8.78 Å². The third kappa shape index (κ3) is 1.49. The summed E-state index contributed by atoms with van der Waals surface area (Å²) in [4.78, 5) is 11.1. The first-order valence-electron chi connectivity index (χ1n) is 4.96. The number of hydrogen-bond acceptors (Lipinski definition) is 2. The van der Waals surface area contributed by atoms with Gasteiger partial charge in [-0.15, -0.1) is 0 Å². The molecule has 3 rings (SSSR count). The lowest BCUT2D eigenvalue weighted by Crippen LogP contribution is -1.90. The minimum Gasteiger partial charge on any atom is -0.337 e. The van der Waals surface area contributed by atoms with Gasteiger partial charge in [-0.25, -0.2) is 18.7 Å². The van der Waals surface area contributed by atoms with Gasteiger partial charge in [-0.05, 0) is 0 Å². The lowest BCUT2D eigenvalue weighted by molar-refractivity contribution is 0.510. The van der Waals surface area contributed by atoms with Crippen molar-refractivity contribution in [2.75, 3.05) is 0 Å². The third-order valence-electron chi connectivity index (χ3n) is 2.58. The normalized spacial score (nSPS) is 11.2. The number of benzene rings is 1. The zero-order valence-electron chi connectivity index (χ0n) is 8.91. The molecular weight excluding hydrogens is 226 g/mol. The number of aromatic nitrogens is 4. The molecule has 1 aromatic carbocycles. The predicted molar refractivity (Wildman–Crippen MR) is 58.2 cm³/mol. The van der Waals surface area contributed by atoms with Gasteiger partial charge in [0.25, 0.3) is 0 Å². The first kappa shape index (κ1) is 9.95. The second kappa shape index (κ2) is 3.38. The second-order valence-corrected chi connectivity index (χ2v) is 3.76. The van der Waals surface area contributed by atoms with Gasteiger partial charge < -0.3 is 9.55 Å². The summed E-state index contributed by atoms with van der Waals surface area (Å²) >= 11 is 0. The number of nitrogens with zero attached hydrogens (tertiary/aromatic N) is 3. The van der Waals surface area contributed by atoms with Gasteiger partial charge >= 0.3 is 0 Å². The highest BCUT2D eigenvalue weighted by Gasteiger charge is 2.11. The fraction of sp³-hybridized carbons (Fsp3) is 0.0909. The Labute approximate surface area is 94.9 Å². The van der Waals surface area contributed by atoms with Crippen LogP contribution < -0.4 is 0 Å². The zero-order valence-corrected chi connectivity index (χ0v) is 8.91. The standard InChI is InChI=1S/C11H8F2N4/c1-17-5-14-4-10(17)11-15-8-2-6(12)7(13)3-9(8)16-11/h2-5H,1H3,(H,15,16). The number of rotatable bonds is 1. The summed E-state index contributed by atoms with van der Waals surface area (Å²) in [5, 5.41) is 0. The smallest absolute Gasteiger partial charge is 0.161 e. The largest absolute Gasteiger partial charge is 0.337 e. The van der Waals surface area contributed by atoms with E-state index >= 15 is 0 Å². The topological polar surface area (TPSA) is 46.5 Å². The molecule has 0 saturated heterocycles. The highest BCUT2D eigenvalue weighted by molar-refractivity contribution is 5.78. The summed E-state index contributed by atoms with van der Waals surface area (Å²) in [6, 6.07) is 2.17. The summed E-state index contributed by atoms with van der Waals surface area (Å²) in [6.45, 7) is 0. The SMILES string of the molecule is Cn1cncc1-c1nc2cc(F)c(F)cc2[nH]1. The highest BCUT2D eigenvalue weighted by atomic mass is 19.2. The number of aromatic amines is 1. The molecule has 4 nitrogen and oxygen atoms in total. The fourth-order valence-electron chi connectivity index (χ4n) is 1.71. The van der Waals surface area contributed by atoms with E-state index in [1.807, 2.05) is 7.05 Å². The van der Waals surface area contributed by atoms with Crippen molar-refractivity contribution in [2.45, 2.75) is 0 Å². The summed E-state index contributed by atoms with van der Waals surface area (Å²) in [6.07, 6.45) is 3.26. The van der Waals surface area contributed by atoms with Gasteiger partial charge in [-0.3, -0.25) is 0 Å². The van der Waals surface area contributed by atoms with E-state index in [1.54, 1.807) is 17.1 Å². The molecule has 0 aliphatic carbocycles. The Morgan fingerprint density at radius 2 is 2.00 bits per heavy atom. The Kier molecular flexibility index (Phi) is 1.98. The Balaban J connectivity index is 2.24. The number of H-pyrrole nitrogens is 1. The van der Waals surface area contributed by atoms with Crippen LogP contribution in [0.5, 0.6) is 0 Å². The van der Waals surface area contributed by atoms with Crippen molar-refractivity contribution in [3.8, 4) is 11.5 Å². The van der Waals surface area contributed by atoms with Crippen molar-refractivity contribution in [1.82, 2.24) is 19.5 Å². The zero-order chi connectivity index (χ0) is 12.0. The van der Waals surface area contributed by atoms with E-state index in [0.717, 1.165) is 17.8 Å². The van der Waals surface area contributed by atoms with E-state index < -0.39 is 11.6 Å². The van der Waals surface area contributed by atoms with E-state index in [0.29, 0.717) is 16.9 Å². The maximum Gasteiger partial charge on any atom is 0.161 e. The molecule has 0 unspecified atom stereocenters. The molecule has 0 aliphatic heterocycles. The van der Waals surface area contributed by atoms with Gasteiger partial charge in [-0.1, -0.05) is 0 Å². The van der Waals surface area contributed by atoms with Crippen molar-refractivity contribution >= 4 is 11.0 Å². The minimum absolute atomic E-state index is 0.389. The first-order chi connectivity index (χ1) is 8.15. The van der Waals surface area contributed by atoms with Gasteiger partial charge in [0, 0.05) is 19.2 Å². The molecule has 0 spiro atoms. The van der Waals surface area contributed by atoms with Crippen LogP contribution >= 0.6 is 0 Å². The number of imidazole rings is 2. The molecule has 0 atom stereocenters. The molecule has 2 aromatic heterocycles. The quantitative estimate of drug-likeness (QED) is 0.701. The van der Waals surface area contributed by atoms with Gasteiger partial charge in [-0.2, -0.15) is 0 Å². The van der Waals surface area contributed by atoms with Crippen LogP contribution in [-0.2, 0) is 7.05 Å². The van der Waals surface area contributed by atoms with Gasteiger partial charge in [0.05, 0.1) is 23.6 Å². The number of nitrogens with one attached hydrogen (secondary N) is 1. The number of halogens is 2. The van der Waals surface area contributed by atoms with Crippen LogP contribution in [0.25, 0.3) is 22.6 Å². The van der Waals surface area contributed by atoms with Gasteiger partial charge in [0.1, 0.15) is 5.69 Å².